The average Bonchev–Trinajstić information content (AvgIpc) is 2.39. The maximum atomic E-state index is 13.0. The molecule has 0 spiro atoms. The van der Waals surface area contributed by atoms with E-state index in [0.717, 1.165) is 37.7 Å². The zero-order valence-corrected chi connectivity index (χ0v) is 12.9. The van der Waals surface area contributed by atoms with Crippen molar-refractivity contribution in [1.82, 2.24) is 4.90 Å². The van der Waals surface area contributed by atoms with Gasteiger partial charge in [0.15, 0.2) is 0 Å². The lowest BCUT2D eigenvalue weighted by molar-refractivity contribution is 0.0672. The van der Waals surface area contributed by atoms with Crippen LogP contribution in [0.5, 0.6) is 0 Å². The summed E-state index contributed by atoms with van der Waals surface area (Å²) >= 11 is 9.39. The van der Waals surface area contributed by atoms with Crippen molar-refractivity contribution in [1.29, 1.82) is 0 Å². The first-order valence-corrected chi connectivity index (χ1v) is 7.92. The van der Waals surface area contributed by atoms with Gasteiger partial charge in [0.1, 0.15) is 5.82 Å². The van der Waals surface area contributed by atoms with Crippen LogP contribution in [0.15, 0.2) is 18.2 Å². The maximum absolute atomic E-state index is 13.0. The highest BCUT2D eigenvalue weighted by Crippen LogP contribution is 2.24. The van der Waals surface area contributed by atoms with Crippen molar-refractivity contribution in [3.63, 3.8) is 0 Å². The molecule has 0 aromatic heterocycles. The average molecular weight is 349 g/mol. The third-order valence-electron chi connectivity index (χ3n) is 3.49. The molecule has 0 bridgehead atoms. The van der Waals surface area contributed by atoms with E-state index in [1.54, 1.807) is 0 Å². The topological polar surface area (TPSA) is 20.3 Å². The second kappa shape index (κ2) is 6.71. The molecule has 0 radical (unpaired) electrons. The molecule has 1 amide bonds. The van der Waals surface area contributed by atoms with E-state index < -0.39 is 5.82 Å². The minimum absolute atomic E-state index is 0.0933. The number of likely N-dealkylation sites (tertiary alicyclic amines) is 1. The molecule has 2 nitrogen and oxygen atoms in total. The third-order valence-corrected chi connectivity index (χ3v) is 4.26. The predicted molar refractivity (Wildman–Crippen MR) is 78.4 cm³/mol. The van der Waals surface area contributed by atoms with Gasteiger partial charge in [-0.25, -0.2) is 4.39 Å². The molecular weight excluding hydrogens is 333 g/mol. The standard InChI is InChI=1S/C14H16BrClFNO/c15-6-5-10-2-1-7-18(9-10)14(19)12-4-3-11(17)8-13(12)16/h3-4,8,10H,1-2,5-7,9H2. The van der Waals surface area contributed by atoms with E-state index in [2.05, 4.69) is 15.9 Å². The number of carbonyl (C=O) groups excluding carboxylic acids is 1. The molecule has 0 aliphatic carbocycles. The SMILES string of the molecule is O=C(c1ccc(F)cc1Cl)N1CCCC(CCBr)C1. The number of rotatable bonds is 3. The van der Waals surface area contributed by atoms with E-state index >= 15 is 0 Å². The van der Waals surface area contributed by atoms with Gasteiger partial charge >= 0.3 is 0 Å². The molecule has 1 heterocycles. The molecule has 1 saturated heterocycles. The summed E-state index contributed by atoms with van der Waals surface area (Å²) in [6.45, 7) is 1.52. The van der Waals surface area contributed by atoms with Gasteiger partial charge in [-0.05, 0) is 43.4 Å². The van der Waals surface area contributed by atoms with Gasteiger partial charge in [0.2, 0.25) is 0 Å². The highest BCUT2D eigenvalue weighted by molar-refractivity contribution is 9.09. The van der Waals surface area contributed by atoms with E-state index in [1.807, 2.05) is 4.90 Å². The van der Waals surface area contributed by atoms with E-state index in [1.165, 1.54) is 18.2 Å². The molecular formula is C14H16BrClFNO. The van der Waals surface area contributed by atoms with Gasteiger partial charge < -0.3 is 4.90 Å². The number of amides is 1. The number of alkyl halides is 1. The number of benzene rings is 1. The minimum Gasteiger partial charge on any atom is -0.338 e. The summed E-state index contributed by atoms with van der Waals surface area (Å²) in [5.41, 5.74) is 0.391. The molecule has 0 saturated carbocycles. The van der Waals surface area contributed by atoms with E-state index in [4.69, 9.17) is 11.6 Å². The Hall–Kier alpha value is -0.610. The molecule has 1 aliphatic rings. The molecule has 104 valence electrons. The second-order valence-corrected chi connectivity index (χ2v) is 6.06. The summed E-state index contributed by atoms with van der Waals surface area (Å²) in [5.74, 6) is 0.0259. The number of halogens is 3. The molecule has 1 atom stereocenters. The van der Waals surface area contributed by atoms with Gasteiger partial charge in [-0.3, -0.25) is 4.79 Å². The highest BCUT2D eigenvalue weighted by Gasteiger charge is 2.25. The molecule has 0 N–H and O–H groups in total. The Labute approximate surface area is 126 Å². The number of hydrogen-bond donors (Lipinski definition) is 0. The van der Waals surface area contributed by atoms with Crippen LogP contribution in [-0.2, 0) is 0 Å². The molecule has 19 heavy (non-hydrogen) atoms. The van der Waals surface area contributed by atoms with Gasteiger partial charge in [-0.1, -0.05) is 27.5 Å². The van der Waals surface area contributed by atoms with Crippen LogP contribution in [0.2, 0.25) is 5.02 Å². The van der Waals surface area contributed by atoms with Crippen LogP contribution in [0, 0.1) is 11.7 Å². The fraction of sp³-hybridized carbons (Fsp3) is 0.500. The van der Waals surface area contributed by atoms with Crippen LogP contribution < -0.4 is 0 Å². The Bertz CT molecular complexity index is 467. The summed E-state index contributed by atoms with van der Waals surface area (Å²) in [5, 5.41) is 1.14. The van der Waals surface area contributed by atoms with Crippen molar-refractivity contribution >= 4 is 33.4 Å². The largest absolute Gasteiger partial charge is 0.338 e. The molecule has 1 aromatic rings. The van der Waals surface area contributed by atoms with Crippen LogP contribution >= 0.6 is 27.5 Å². The quantitative estimate of drug-likeness (QED) is 0.753. The van der Waals surface area contributed by atoms with Crippen LogP contribution in [0.1, 0.15) is 29.6 Å². The number of hydrogen-bond acceptors (Lipinski definition) is 1. The Morgan fingerprint density at radius 2 is 2.32 bits per heavy atom. The summed E-state index contributed by atoms with van der Waals surface area (Å²) < 4.78 is 13.0. The van der Waals surface area contributed by atoms with Crippen molar-refractivity contribution in [3.05, 3.63) is 34.6 Å². The first-order valence-electron chi connectivity index (χ1n) is 6.42. The van der Waals surface area contributed by atoms with Crippen molar-refractivity contribution in [3.8, 4) is 0 Å². The van der Waals surface area contributed by atoms with Crippen molar-refractivity contribution in [2.45, 2.75) is 19.3 Å². The van der Waals surface area contributed by atoms with Crippen LogP contribution in [0.4, 0.5) is 4.39 Å². The van der Waals surface area contributed by atoms with Crippen LogP contribution in [0.3, 0.4) is 0 Å². The molecule has 1 fully saturated rings. The lowest BCUT2D eigenvalue weighted by Crippen LogP contribution is -2.40. The van der Waals surface area contributed by atoms with Gasteiger partial charge in [0, 0.05) is 18.4 Å². The van der Waals surface area contributed by atoms with Crippen LogP contribution in [-0.4, -0.2) is 29.2 Å². The Morgan fingerprint density at radius 1 is 1.53 bits per heavy atom. The zero-order valence-electron chi connectivity index (χ0n) is 10.5. The van der Waals surface area contributed by atoms with Gasteiger partial charge in [0.25, 0.3) is 5.91 Å². The lowest BCUT2D eigenvalue weighted by atomic mass is 9.95. The maximum Gasteiger partial charge on any atom is 0.255 e. The highest BCUT2D eigenvalue weighted by atomic mass is 79.9. The summed E-state index contributed by atoms with van der Waals surface area (Å²) in [6, 6.07) is 3.93. The molecule has 1 unspecified atom stereocenters. The van der Waals surface area contributed by atoms with Crippen LogP contribution in [0.25, 0.3) is 0 Å². The number of piperidine rings is 1. The monoisotopic (exact) mass is 347 g/mol. The molecule has 2 rings (SSSR count). The fourth-order valence-corrected chi connectivity index (χ4v) is 3.37. The number of carbonyl (C=O) groups is 1. The predicted octanol–water partition coefficient (Wildman–Crippen LogP) is 4.12. The molecule has 5 heteroatoms. The molecule has 1 aromatic carbocycles. The van der Waals surface area contributed by atoms with E-state index in [9.17, 15) is 9.18 Å². The Kier molecular flexibility index (Phi) is 5.22. The van der Waals surface area contributed by atoms with Gasteiger partial charge in [-0.2, -0.15) is 0 Å². The zero-order chi connectivity index (χ0) is 13.8. The van der Waals surface area contributed by atoms with E-state index in [-0.39, 0.29) is 10.9 Å². The molecule has 1 aliphatic heterocycles. The first kappa shape index (κ1) is 14.8. The van der Waals surface area contributed by atoms with Crippen molar-refractivity contribution in [2.75, 3.05) is 18.4 Å². The third kappa shape index (κ3) is 3.69. The Balaban J connectivity index is 2.10. The number of nitrogens with zero attached hydrogens (tertiary/aromatic N) is 1. The summed E-state index contributed by atoms with van der Waals surface area (Å²) in [4.78, 5) is 14.2. The summed E-state index contributed by atoms with van der Waals surface area (Å²) in [6.07, 6.45) is 3.25. The normalized spacial score (nSPS) is 19.5. The van der Waals surface area contributed by atoms with Crippen molar-refractivity contribution in [2.24, 2.45) is 5.92 Å². The second-order valence-electron chi connectivity index (χ2n) is 4.86. The summed E-state index contributed by atoms with van der Waals surface area (Å²) in [7, 11) is 0. The lowest BCUT2D eigenvalue weighted by Gasteiger charge is -2.32. The van der Waals surface area contributed by atoms with E-state index in [0.29, 0.717) is 11.5 Å². The Morgan fingerprint density at radius 3 is 3.00 bits per heavy atom. The first-order chi connectivity index (χ1) is 9.11. The van der Waals surface area contributed by atoms with Gasteiger partial charge in [0.05, 0.1) is 10.6 Å². The van der Waals surface area contributed by atoms with Crippen molar-refractivity contribution < 1.29 is 9.18 Å². The van der Waals surface area contributed by atoms with Gasteiger partial charge in [-0.15, -0.1) is 0 Å². The minimum atomic E-state index is -0.419. The fourth-order valence-electron chi connectivity index (χ4n) is 2.47. The smallest absolute Gasteiger partial charge is 0.255 e.